The van der Waals surface area contributed by atoms with Crippen LogP contribution in [-0.4, -0.2) is 19.9 Å². The van der Waals surface area contributed by atoms with Crippen LogP contribution in [-0.2, 0) is 24.7 Å². The van der Waals surface area contributed by atoms with Crippen LogP contribution >= 0.6 is 95.6 Å². The van der Waals surface area contributed by atoms with Crippen LogP contribution in [0.5, 0.6) is 0 Å². The quantitative estimate of drug-likeness (QED) is 0.172. The zero-order valence-corrected chi connectivity index (χ0v) is 30.4. The summed E-state index contributed by atoms with van der Waals surface area (Å²) in [5.74, 6) is 0. The Kier molecular flexibility index (Phi) is 9.08. The molecular formula is C24H4Br6F12N4. The molecule has 0 saturated heterocycles. The van der Waals surface area contributed by atoms with Crippen molar-refractivity contribution >= 4 is 139 Å². The highest BCUT2D eigenvalue weighted by Gasteiger charge is 2.45. The van der Waals surface area contributed by atoms with Gasteiger partial charge in [0.05, 0.1) is 71.7 Å². The highest BCUT2D eigenvalue weighted by molar-refractivity contribution is 9.18. The first kappa shape index (κ1) is 35.9. The van der Waals surface area contributed by atoms with Crippen LogP contribution in [0.3, 0.4) is 0 Å². The van der Waals surface area contributed by atoms with Crippen molar-refractivity contribution in [2.24, 2.45) is 0 Å². The second kappa shape index (κ2) is 11.6. The smallest absolute Gasteiger partial charge is 0.352 e. The summed E-state index contributed by atoms with van der Waals surface area (Å²) in [6.45, 7) is 0. The van der Waals surface area contributed by atoms with Crippen molar-refractivity contribution < 1.29 is 52.7 Å². The van der Waals surface area contributed by atoms with Crippen molar-refractivity contribution in [3.63, 3.8) is 0 Å². The lowest BCUT2D eigenvalue weighted by atomic mass is 10.1. The van der Waals surface area contributed by atoms with Crippen LogP contribution in [0.4, 0.5) is 52.7 Å². The van der Waals surface area contributed by atoms with Crippen molar-refractivity contribution in [3.05, 3.63) is 62.9 Å². The molecule has 0 aromatic carbocycles. The molecule has 2 N–H and O–H groups in total. The molecule has 0 aliphatic carbocycles. The molecule has 246 valence electrons. The third-order valence-corrected chi connectivity index (χ3v) is 12.7. The molecule has 0 amide bonds. The number of fused-ring (bicyclic) bond motifs is 8. The Balaban J connectivity index is 2.27. The lowest BCUT2D eigenvalue weighted by molar-refractivity contribution is -0.137. The third-order valence-electron chi connectivity index (χ3n) is 6.36. The van der Waals surface area contributed by atoms with Crippen LogP contribution in [0.2, 0.25) is 0 Å². The molecule has 4 nitrogen and oxygen atoms in total. The number of halogens is 18. The van der Waals surface area contributed by atoms with E-state index >= 15 is 0 Å². The van der Waals surface area contributed by atoms with Gasteiger partial charge in [0.25, 0.3) is 0 Å². The standard InChI is InChI=1S/C24H4Br6F12N4/c25-9-11(27)17-7(23(37,38)39)19-13(29)14(30)20(46-19)8(24(40,41)42)18-12(28)10(26)16(45-18)6(22(34,35)36)4-2-1-3(43-4)5(15(9)44-17)21(31,32)33/h1-2,44-45H. The van der Waals surface area contributed by atoms with Crippen molar-refractivity contribution in [1.29, 1.82) is 0 Å². The Hall–Kier alpha value is -1.36. The van der Waals surface area contributed by atoms with E-state index in [-0.39, 0.29) is 0 Å². The van der Waals surface area contributed by atoms with Gasteiger partial charge in [-0.2, -0.15) is 52.7 Å². The molecule has 0 unspecified atom stereocenters. The number of hydrogen-bond acceptors (Lipinski definition) is 2. The normalized spacial score (nSPS) is 14.6. The lowest BCUT2D eigenvalue weighted by Gasteiger charge is -2.10. The number of nitrogens with one attached hydrogen (secondary N) is 2. The van der Waals surface area contributed by atoms with Crippen LogP contribution < -0.4 is 0 Å². The number of rotatable bonds is 0. The van der Waals surface area contributed by atoms with Gasteiger partial charge in [-0.3, -0.25) is 0 Å². The summed E-state index contributed by atoms with van der Waals surface area (Å²) >= 11 is 16.8. The first-order valence-corrected chi connectivity index (χ1v) is 16.2. The Morgan fingerprint density at radius 3 is 0.935 bits per heavy atom. The molecule has 3 aromatic rings. The Labute approximate surface area is 296 Å². The summed E-state index contributed by atoms with van der Waals surface area (Å²) < 4.78 is 171. The minimum absolute atomic E-state index is 0.537. The highest BCUT2D eigenvalue weighted by Crippen LogP contribution is 2.52. The first-order valence-electron chi connectivity index (χ1n) is 11.5. The van der Waals surface area contributed by atoms with E-state index in [1.165, 1.54) is 0 Å². The zero-order chi connectivity index (χ0) is 34.6. The van der Waals surface area contributed by atoms with Crippen LogP contribution in [0.25, 0.3) is 43.2 Å². The average Bonchev–Trinajstić information content (AvgIpc) is 3.60. The van der Waals surface area contributed by atoms with Gasteiger partial charge in [0.2, 0.25) is 0 Å². The van der Waals surface area contributed by atoms with E-state index < -0.39 is 119 Å². The van der Waals surface area contributed by atoms with Gasteiger partial charge >= 0.3 is 24.7 Å². The van der Waals surface area contributed by atoms with Crippen LogP contribution in [0, 0.1) is 0 Å². The molecule has 0 atom stereocenters. The van der Waals surface area contributed by atoms with E-state index in [1.807, 2.05) is 9.97 Å². The summed E-state index contributed by atoms with van der Waals surface area (Å²) in [7, 11) is 0. The molecule has 2 aliphatic heterocycles. The lowest BCUT2D eigenvalue weighted by Crippen LogP contribution is -2.11. The molecule has 0 saturated carbocycles. The van der Waals surface area contributed by atoms with Crippen LogP contribution in [0.15, 0.2) is 17.9 Å². The summed E-state index contributed by atoms with van der Waals surface area (Å²) in [5.41, 5.74) is -16.2. The highest BCUT2D eigenvalue weighted by atomic mass is 79.9. The Morgan fingerprint density at radius 1 is 0.413 bits per heavy atom. The molecule has 5 rings (SSSR count). The average molecular weight is 1060 g/mol. The SMILES string of the molecule is FC(F)(F)c1c2nc(c(C(F)(F)F)c3[nH]c(c(Br)c3Br)c(C(F)(F)F)c3nc(c(C(F)(F)F)c4[nH]c1c(Br)c4Br)C(Br)=C3Br)C=C2. The third kappa shape index (κ3) is 5.93. The predicted molar refractivity (Wildman–Crippen MR) is 165 cm³/mol. The van der Waals surface area contributed by atoms with Crippen molar-refractivity contribution in [1.82, 2.24) is 19.9 Å². The van der Waals surface area contributed by atoms with Gasteiger partial charge in [0.1, 0.15) is 22.3 Å². The Morgan fingerprint density at radius 2 is 0.674 bits per heavy atom. The minimum atomic E-state index is -5.46. The molecule has 3 aromatic heterocycles. The number of hydrogen-bond donors (Lipinski definition) is 2. The largest absolute Gasteiger partial charge is 0.420 e. The monoisotopic (exact) mass is 1050 g/mol. The van der Waals surface area contributed by atoms with Gasteiger partial charge in [-0.1, -0.05) is 0 Å². The summed E-state index contributed by atoms with van der Waals surface area (Å²) in [6.07, 6.45) is -20.7. The number of H-pyrrole nitrogens is 2. The fraction of sp³-hybridized carbons (Fsp3) is 0.167. The molecule has 0 spiro atoms. The van der Waals surface area contributed by atoms with E-state index in [2.05, 4.69) is 106 Å². The van der Waals surface area contributed by atoms with E-state index in [0.717, 1.165) is 0 Å². The van der Waals surface area contributed by atoms with E-state index in [9.17, 15) is 52.7 Å². The molecular weight excluding hydrogens is 1050 g/mol. The molecule has 2 aliphatic rings. The maximum Gasteiger partial charge on any atom is 0.420 e. The second-order valence-electron chi connectivity index (χ2n) is 9.15. The molecule has 0 radical (unpaired) electrons. The second-order valence-corrected chi connectivity index (χ2v) is 13.9. The summed E-state index contributed by atoms with van der Waals surface area (Å²) in [5, 5.41) is 0. The van der Waals surface area contributed by atoms with Gasteiger partial charge in [-0.25, -0.2) is 9.97 Å². The van der Waals surface area contributed by atoms with Crippen molar-refractivity contribution in [2.75, 3.05) is 0 Å². The fourth-order valence-corrected chi connectivity index (χ4v) is 7.54. The fourth-order valence-electron chi connectivity index (χ4n) is 4.61. The summed E-state index contributed by atoms with van der Waals surface area (Å²) in [6, 6.07) is 0. The molecule has 8 bridgehead atoms. The summed E-state index contributed by atoms with van der Waals surface area (Å²) in [4.78, 5) is 11.1. The maximum atomic E-state index is 14.7. The molecule has 0 fully saturated rings. The number of aromatic nitrogens is 4. The zero-order valence-electron chi connectivity index (χ0n) is 20.9. The maximum absolute atomic E-state index is 14.7. The Bertz CT molecular complexity index is 1920. The van der Waals surface area contributed by atoms with Crippen LogP contribution in [0.1, 0.15) is 45.0 Å². The number of aromatic amines is 2. The molecule has 22 heteroatoms. The van der Waals surface area contributed by atoms with Gasteiger partial charge in [-0.15, -0.1) is 0 Å². The van der Waals surface area contributed by atoms with E-state index in [1.54, 1.807) is 0 Å². The topological polar surface area (TPSA) is 57.4 Å². The van der Waals surface area contributed by atoms with E-state index in [4.69, 9.17) is 0 Å². The first-order chi connectivity index (χ1) is 20.9. The molecule has 5 heterocycles. The van der Waals surface area contributed by atoms with Gasteiger partial charge < -0.3 is 9.97 Å². The number of alkyl halides is 12. The minimum Gasteiger partial charge on any atom is -0.352 e. The van der Waals surface area contributed by atoms with E-state index in [0.29, 0.717) is 12.2 Å². The van der Waals surface area contributed by atoms with Gasteiger partial charge in [0, 0.05) is 0 Å². The van der Waals surface area contributed by atoms with Crippen molar-refractivity contribution in [3.8, 4) is 0 Å². The number of nitrogens with zero attached hydrogens (tertiary/aromatic N) is 2. The van der Waals surface area contributed by atoms with Gasteiger partial charge in [0.15, 0.2) is 0 Å². The predicted octanol–water partition coefficient (Wildman–Crippen LogP) is 13.2. The molecule has 46 heavy (non-hydrogen) atoms. The van der Waals surface area contributed by atoms with Crippen molar-refractivity contribution in [2.45, 2.75) is 24.7 Å². The van der Waals surface area contributed by atoms with Gasteiger partial charge in [-0.05, 0) is 108 Å².